The summed E-state index contributed by atoms with van der Waals surface area (Å²) >= 11 is 0. The lowest BCUT2D eigenvalue weighted by Crippen LogP contribution is -2.50. The molecule has 2 atom stereocenters. The maximum atomic E-state index is 14.3. The minimum absolute atomic E-state index is 0.0799. The van der Waals surface area contributed by atoms with Gasteiger partial charge in [-0.25, -0.2) is 19.2 Å². The number of hydrogen-bond donors (Lipinski definition) is 1. The van der Waals surface area contributed by atoms with Gasteiger partial charge < -0.3 is 19.7 Å². The summed E-state index contributed by atoms with van der Waals surface area (Å²) in [6.45, 7) is 5.51. The highest BCUT2D eigenvalue weighted by Crippen LogP contribution is 2.38. The number of fused-ring (bicyclic) bond motifs is 2. The van der Waals surface area contributed by atoms with Gasteiger partial charge >= 0.3 is 6.09 Å². The summed E-state index contributed by atoms with van der Waals surface area (Å²) < 4.78 is 25.9. The van der Waals surface area contributed by atoms with Crippen molar-refractivity contribution in [2.75, 3.05) is 5.32 Å². The van der Waals surface area contributed by atoms with Crippen LogP contribution < -0.4 is 10.1 Å². The molecule has 1 amide bonds. The van der Waals surface area contributed by atoms with Crippen molar-refractivity contribution in [3.63, 3.8) is 0 Å². The zero-order valence-electron chi connectivity index (χ0n) is 18.3. The van der Waals surface area contributed by atoms with E-state index in [0.717, 1.165) is 12.8 Å². The molecule has 2 aromatic rings. The maximum absolute atomic E-state index is 14.3. The lowest BCUT2D eigenvalue weighted by Gasteiger charge is -2.38. The molecule has 9 heteroatoms. The molecule has 2 saturated heterocycles. The Morgan fingerprint density at radius 3 is 2.62 bits per heavy atom. The second kappa shape index (κ2) is 8.99. The van der Waals surface area contributed by atoms with Gasteiger partial charge in [-0.1, -0.05) is 0 Å². The first-order chi connectivity index (χ1) is 15.4. The maximum Gasteiger partial charge on any atom is 0.410 e. The zero-order valence-corrected chi connectivity index (χ0v) is 18.3. The van der Waals surface area contributed by atoms with E-state index in [1.807, 2.05) is 31.7 Å². The fourth-order valence-corrected chi connectivity index (χ4v) is 4.43. The Labute approximate surface area is 186 Å². The second-order valence-electron chi connectivity index (χ2n) is 8.52. The van der Waals surface area contributed by atoms with E-state index in [4.69, 9.17) is 14.7 Å². The van der Waals surface area contributed by atoms with Crippen LogP contribution in [0.25, 0.3) is 0 Å². The first kappa shape index (κ1) is 21.8. The average Bonchev–Trinajstić information content (AvgIpc) is 3.02. The third kappa shape index (κ3) is 4.44. The number of amides is 1. The topological polar surface area (TPSA) is 100 Å². The summed E-state index contributed by atoms with van der Waals surface area (Å²) in [7, 11) is 0. The molecular weight excluding hydrogens is 413 g/mol. The van der Waals surface area contributed by atoms with Gasteiger partial charge in [-0.3, -0.25) is 0 Å². The van der Waals surface area contributed by atoms with Crippen molar-refractivity contribution >= 4 is 17.6 Å². The van der Waals surface area contributed by atoms with Gasteiger partial charge in [0.25, 0.3) is 0 Å². The number of benzene rings is 1. The molecule has 0 radical (unpaired) electrons. The Balaban J connectivity index is 1.45. The van der Waals surface area contributed by atoms with Crippen molar-refractivity contribution in [3.8, 4) is 11.9 Å². The molecule has 0 unspecified atom stereocenters. The van der Waals surface area contributed by atoms with Crippen LogP contribution >= 0.6 is 0 Å². The monoisotopic (exact) mass is 439 g/mol. The number of nitriles is 1. The number of hydrogen-bond acceptors (Lipinski definition) is 7. The number of anilines is 2. The van der Waals surface area contributed by atoms with E-state index in [-0.39, 0.29) is 41.6 Å². The van der Waals surface area contributed by atoms with Crippen LogP contribution in [0.1, 0.15) is 50.7 Å². The number of nitrogens with one attached hydrogen (secondary N) is 1. The molecular formula is C23H26FN5O3. The number of carbonyl (C=O) groups excluding carboxylic acids is 1. The molecule has 2 aliphatic rings. The summed E-state index contributed by atoms with van der Waals surface area (Å²) in [5.74, 6) is 0.320. The predicted molar refractivity (Wildman–Crippen MR) is 115 cm³/mol. The molecule has 1 aromatic carbocycles. The van der Waals surface area contributed by atoms with Gasteiger partial charge in [0.1, 0.15) is 24.1 Å². The number of piperidine rings is 1. The van der Waals surface area contributed by atoms with Crippen LogP contribution in [0.4, 0.5) is 20.7 Å². The number of nitrogens with zero attached hydrogens (tertiary/aromatic N) is 4. The van der Waals surface area contributed by atoms with E-state index in [1.54, 1.807) is 0 Å². The normalized spacial score (nSPS) is 21.9. The van der Waals surface area contributed by atoms with Gasteiger partial charge in [-0.2, -0.15) is 5.26 Å². The molecule has 2 aliphatic heterocycles. The van der Waals surface area contributed by atoms with E-state index in [1.165, 1.54) is 24.5 Å². The van der Waals surface area contributed by atoms with Crippen LogP contribution in [-0.2, 0) is 4.74 Å². The number of aromatic nitrogens is 2. The van der Waals surface area contributed by atoms with Crippen LogP contribution in [0.3, 0.4) is 0 Å². The van der Waals surface area contributed by atoms with Gasteiger partial charge in [0.15, 0.2) is 0 Å². The highest BCUT2D eigenvalue weighted by atomic mass is 19.1. The molecule has 32 heavy (non-hydrogen) atoms. The van der Waals surface area contributed by atoms with E-state index in [9.17, 15) is 9.18 Å². The minimum atomic E-state index is -0.540. The first-order valence-corrected chi connectivity index (χ1v) is 10.8. The minimum Gasteiger partial charge on any atom is -0.474 e. The van der Waals surface area contributed by atoms with Crippen molar-refractivity contribution in [3.05, 3.63) is 41.5 Å². The Bertz CT molecular complexity index is 1040. The summed E-state index contributed by atoms with van der Waals surface area (Å²) in [5.41, 5.74) is 1.12. The smallest absolute Gasteiger partial charge is 0.410 e. The molecule has 3 heterocycles. The lowest BCUT2D eigenvalue weighted by molar-refractivity contribution is 0.0207. The molecule has 0 spiro atoms. The Hall–Kier alpha value is -3.41. The predicted octanol–water partition coefficient (Wildman–Crippen LogP) is 4.46. The molecule has 2 bridgehead atoms. The van der Waals surface area contributed by atoms with Crippen molar-refractivity contribution < 1.29 is 18.7 Å². The van der Waals surface area contributed by atoms with Crippen LogP contribution in [0.2, 0.25) is 0 Å². The van der Waals surface area contributed by atoms with Crippen LogP contribution in [0.5, 0.6) is 5.88 Å². The summed E-state index contributed by atoms with van der Waals surface area (Å²) in [6, 6.07) is 6.31. The molecule has 0 saturated carbocycles. The molecule has 0 aliphatic carbocycles. The summed E-state index contributed by atoms with van der Waals surface area (Å²) in [6.07, 6.45) is 4.18. The number of ether oxygens (including phenoxy) is 2. The van der Waals surface area contributed by atoms with Crippen LogP contribution in [-0.4, -0.2) is 45.3 Å². The van der Waals surface area contributed by atoms with Crippen LogP contribution in [0, 0.1) is 24.1 Å². The third-order valence-corrected chi connectivity index (χ3v) is 5.90. The Morgan fingerprint density at radius 2 is 2.00 bits per heavy atom. The van der Waals surface area contributed by atoms with Crippen LogP contribution in [0.15, 0.2) is 24.5 Å². The van der Waals surface area contributed by atoms with Gasteiger partial charge in [0.2, 0.25) is 5.88 Å². The van der Waals surface area contributed by atoms with Gasteiger partial charge in [-0.15, -0.1) is 0 Å². The first-order valence-electron chi connectivity index (χ1n) is 10.8. The van der Waals surface area contributed by atoms with Gasteiger partial charge in [0.05, 0.1) is 29.0 Å². The summed E-state index contributed by atoms with van der Waals surface area (Å²) in [4.78, 5) is 22.8. The molecule has 4 rings (SSSR count). The molecule has 2 fully saturated rings. The van der Waals surface area contributed by atoms with Crippen molar-refractivity contribution in [2.45, 2.75) is 70.7 Å². The zero-order chi connectivity index (χ0) is 22.8. The molecule has 1 aromatic heterocycles. The lowest BCUT2D eigenvalue weighted by atomic mass is 10.0. The standard InChI is InChI=1S/C23H26FN5O3/c1-13(2)31-23(30)29-16-5-6-17(29)10-18(9-16)32-22-14(3)21(26-12-27-22)28-20-7-4-15(11-25)8-19(20)24/h4,7-8,12-13,16-18H,5-6,9-10H2,1-3H3,(H,26,27,28)/t16-,17-/m0/s1. The van der Waals surface area contributed by atoms with Crippen molar-refractivity contribution in [1.82, 2.24) is 14.9 Å². The molecule has 8 nitrogen and oxygen atoms in total. The quantitative estimate of drug-likeness (QED) is 0.734. The van der Waals surface area contributed by atoms with E-state index in [2.05, 4.69) is 15.3 Å². The summed E-state index contributed by atoms with van der Waals surface area (Å²) in [5, 5.41) is 11.9. The van der Waals surface area contributed by atoms with E-state index in [0.29, 0.717) is 30.1 Å². The molecule has 168 valence electrons. The fourth-order valence-electron chi connectivity index (χ4n) is 4.43. The number of rotatable bonds is 5. The third-order valence-electron chi connectivity index (χ3n) is 5.90. The number of carbonyl (C=O) groups is 1. The van der Waals surface area contributed by atoms with Gasteiger partial charge in [0, 0.05) is 24.9 Å². The average molecular weight is 439 g/mol. The van der Waals surface area contributed by atoms with E-state index >= 15 is 0 Å². The second-order valence-corrected chi connectivity index (χ2v) is 8.52. The molecule has 1 N–H and O–H groups in total. The largest absolute Gasteiger partial charge is 0.474 e. The highest BCUT2D eigenvalue weighted by Gasteiger charge is 2.45. The Morgan fingerprint density at radius 1 is 1.28 bits per heavy atom. The Kier molecular flexibility index (Phi) is 6.12. The van der Waals surface area contributed by atoms with Crippen molar-refractivity contribution in [2.24, 2.45) is 0 Å². The van der Waals surface area contributed by atoms with Crippen molar-refractivity contribution in [1.29, 1.82) is 5.26 Å². The highest BCUT2D eigenvalue weighted by molar-refractivity contribution is 5.69. The SMILES string of the molecule is Cc1c(Nc2ccc(C#N)cc2F)ncnc1OC1C[C@@H]2CC[C@@H](C1)N2C(=O)OC(C)C. The van der Waals surface area contributed by atoms with E-state index < -0.39 is 5.82 Å². The van der Waals surface area contributed by atoms with Gasteiger partial charge in [-0.05, 0) is 51.8 Å². The number of halogens is 1. The fraction of sp³-hybridized carbons (Fsp3) is 0.478.